The van der Waals surface area contributed by atoms with Crippen LogP contribution in [0.25, 0.3) is 0 Å². The third-order valence-electron chi connectivity index (χ3n) is 3.05. The molecule has 4 N–H and O–H groups in total. The van der Waals surface area contributed by atoms with E-state index >= 15 is 0 Å². The first-order valence-electron chi connectivity index (χ1n) is 7.75. The molecule has 0 saturated carbocycles. The summed E-state index contributed by atoms with van der Waals surface area (Å²) < 4.78 is 5.15. The molecule has 24 heavy (non-hydrogen) atoms. The molecule has 2 unspecified atom stereocenters. The fourth-order valence-electron chi connectivity index (χ4n) is 1.96. The number of alkyl carbamates (subject to hydrolysis) is 1. The van der Waals surface area contributed by atoms with Crippen molar-refractivity contribution >= 4 is 12.0 Å². The summed E-state index contributed by atoms with van der Waals surface area (Å²) in [6.07, 6.45) is -2.79. The standard InChI is InChI=1S/C17H26N2O5/c1-11(20)18-10-14(21)15(22)13-7-5-6-12(8-13)9-19-16(23)24-17(2,3)4/h5-8,14-15,21-22H,9-10H2,1-4H3,(H,18,20)(H,19,23). The van der Waals surface area contributed by atoms with E-state index in [-0.39, 0.29) is 19.0 Å². The van der Waals surface area contributed by atoms with Gasteiger partial charge in [-0.15, -0.1) is 0 Å². The number of hydrogen-bond donors (Lipinski definition) is 4. The van der Waals surface area contributed by atoms with Gasteiger partial charge in [-0.2, -0.15) is 0 Å². The topological polar surface area (TPSA) is 108 Å². The second kappa shape index (κ2) is 8.65. The summed E-state index contributed by atoms with van der Waals surface area (Å²) >= 11 is 0. The first kappa shape index (κ1) is 19.9. The molecule has 0 aliphatic rings. The van der Waals surface area contributed by atoms with Gasteiger partial charge in [0.05, 0.1) is 0 Å². The summed E-state index contributed by atoms with van der Waals surface area (Å²) in [7, 11) is 0. The number of aliphatic hydroxyl groups excluding tert-OH is 2. The molecule has 1 aromatic rings. The average Bonchev–Trinajstić information content (AvgIpc) is 2.48. The van der Waals surface area contributed by atoms with Crippen LogP contribution in [-0.2, 0) is 16.1 Å². The SMILES string of the molecule is CC(=O)NCC(O)C(O)c1cccc(CNC(=O)OC(C)(C)C)c1. The van der Waals surface area contributed by atoms with Gasteiger partial charge in [-0.3, -0.25) is 4.79 Å². The Morgan fingerprint density at radius 2 is 1.88 bits per heavy atom. The van der Waals surface area contributed by atoms with E-state index in [2.05, 4.69) is 10.6 Å². The fourth-order valence-corrected chi connectivity index (χ4v) is 1.96. The lowest BCUT2D eigenvalue weighted by Gasteiger charge is -2.20. The van der Waals surface area contributed by atoms with Crippen molar-refractivity contribution in [3.63, 3.8) is 0 Å². The lowest BCUT2D eigenvalue weighted by atomic mass is 10.0. The Bertz CT molecular complexity index is 568. The first-order valence-corrected chi connectivity index (χ1v) is 7.75. The van der Waals surface area contributed by atoms with Crippen molar-refractivity contribution in [2.45, 2.75) is 52.0 Å². The number of aliphatic hydroxyl groups is 2. The highest BCUT2D eigenvalue weighted by Gasteiger charge is 2.19. The van der Waals surface area contributed by atoms with Crippen molar-refractivity contribution in [2.75, 3.05) is 6.54 Å². The molecule has 0 bridgehead atoms. The van der Waals surface area contributed by atoms with E-state index in [0.29, 0.717) is 5.56 Å². The normalized spacial score (nSPS) is 13.8. The average molecular weight is 338 g/mol. The second-order valence-electron chi connectivity index (χ2n) is 6.55. The van der Waals surface area contributed by atoms with E-state index < -0.39 is 23.9 Å². The summed E-state index contributed by atoms with van der Waals surface area (Å²) in [4.78, 5) is 22.5. The summed E-state index contributed by atoms with van der Waals surface area (Å²) in [6, 6.07) is 6.85. The van der Waals surface area contributed by atoms with E-state index in [9.17, 15) is 19.8 Å². The molecule has 0 heterocycles. The Hall–Kier alpha value is -2.12. The lowest BCUT2D eigenvalue weighted by Crippen LogP contribution is -2.34. The molecule has 2 atom stereocenters. The van der Waals surface area contributed by atoms with Gasteiger partial charge in [-0.1, -0.05) is 24.3 Å². The molecule has 134 valence electrons. The second-order valence-corrected chi connectivity index (χ2v) is 6.55. The molecule has 0 spiro atoms. The van der Waals surface area contributed by atoms with Gasteiger partial charge >= 0.3 is 6.09 Å². The van der Waals surface area contributed by atoms with Crippen LogP contribution in [0.2, 0.25) is 0 Å². The maximum atomic E-state index is 11.6. The number of benzene rings is 1. The van der Waals surface area contributed by atoms with Crippen LogP contribution in [0.1, 0.15) is 44.9 Å². The Morgan fingerprint density at radius 3 is 2.46 bits per heavy atom. The molecule has 7 nitrogen and oxygen atoms in total. The zero-order chi connectivity index (χ0) is 18.3. The van der Waals surface area contributed by atoms with Gasteiger partial charge in [0.2, 0.25) is 5.91 Å². The molecule has 2 amide bonds. The van der Waals surface area contributed by atoms with Crippen molar-refractivity contribution in [2.24, 2.45) is 0 Å². The number of hydrogen-bond acceptors (Lipinski definition) is 5. The number of carbonyl (C=O) groups is 2. The Balaban J connectivity index is 2.62. The fraction of sp³-hybridized carbons (Fsp3) is 0.529. The van der Waals surface area contributed by atoms with Crippen LogP contribution in [0.4, 0.5) is 4.79 Å². The van der Waals surface area contributed by atoms with Crippen LogP contribution in [-0.4, -0.2) is 40.5 Å². The predicted octanol–water partition coefficient (Wildman–Crippen LogP) is 1.24. The maximum absolute atomic E-state index is 11.6. The number of amides is 2. The molecule has 0 radical (unpaired) electrons. The maximum Gasteiger partial charge on any atom is 0.407 e. The highest BCUT2D eigenvalue weighted by atomic mass is 16.6. The van der Waals surface area contributed by atoms with Crippen LogP contribution >= 0.6 is 0 Å². The Morgan fingerprint density at radius 1 is 1.21 bits per heavy atom. The minimum absolute atomic E-state index is 0.0448. The van der Waals surface area contributed by atoms with E-state index in [4.69, 9.17) is 4.74 Å². The number of carbonyl (C=O) groups excluding carboxylic acids is 2. The molecular formula is C17H26N2O5. The van der Waals surface area contributed by atoms with E-state index in [1.807, 2.05) is 0 Å². The van der Waals surface area contributed by atoms with Crippen LogP contribution in [0.3, 0.4) is 0 Å². The van der Waals surface area contributed by atoms with Crippen LogP contribution in [0, 0.1) is 0 Å². The van der Waals surface area contributed by atoms with Crippen molar-refractivity contribution in [3.05, 3.63) is 35.4 Å². The predicted molar refractivity (Wildman–Crippen MR) is 89.2 cm³/mol. The molecular weight excluding hydrogens is 312 g/mol. The summed E-state index contributed by atoms with van der Waals surface area (Å²) in [5.41, 5.74) is 0.677. The molecule has 1 rings (SSSR count). The number of ether oxygens (including phenoxy) is 1. The quantitative estimate of drug-likeness (QED) is 0.624. The zero-order valence-electron chi connectivity index (χ0n) is 14.5. The van der Waals surface area contributed by atoms with Gasteiger partial charge in [-0.05, 0) is 31.9 Å². The monoisotopic (exact) mass is 338 g/mol. The first-order chi connectivity index (χ1) is 11.1. The highest BCUT2D eigenvalue weighted by molar-refractivity contribution is 5.72. The number of nitrogens with one attached hydrogen (secondary N) is 2. The van der Waals surface area contributed by atoms with Crippen LogP contribution in [0.15, 0.2) is 24.3 Å². The number of rotatable bonds is 6. The van der Waals surface area contributed by atoms with E-state index in [0.717, 1.165) is 5.56 Å². The molecule has 7 heteroatoms. The van der Waals surface area contributed by atoms with Gasteiger partial charge < -0.3 is 25.6 Å². The van der Waals surface area contributed by atoms with E-state index in [1.165, 1.54) is 6.92 Å². The molecule has 0 aliphatic carbocycles. The van der Waals surface area contributed by atoms with Gasteiger partial charge in [0, 0.05) is 20.0 Å². The molecule has 0 aromatic heterocycles. The summed E-state index contributed by atoms with van der Waals surface area (Å²) in [5.74, 6) is -0.281. The third-order valence-corrected chi connectivity index (χ3v) is 3.05. The van der Waals surface area contributed by atoms with Gasteiger partial charge in [0.25, 0.3) is 0 Å². The Kier molecular flexibility index (Phi) is 7.18. The molecule has 0 aliphatic heterocycles. The van der Waals surface area contributed by atoms with E-state index in [1.54, 1.807) is 45.0 Å². The zero-order valence-corrected chi connectivity index (χ0v) is 14.5. The molecule has 0 saturated heterocycles. The molecule has 1 aromatic carbocycles. The largest absolute Gasteiger partial charge is 0.444 e. The van der Waals surface area contributed by atoms with Gasteiger partial charge in [-0.25, -0.2) is 4.79 Å². The van der Waals surface area contributed by atoms with Gasteiger partial charge in [0.15, 0.2) is 0 Å². The van der Waals surface area contributed by atoms with Crippen LogP contribution in [0.5, 0.6) is 0 Å². The summed E-state index contributed by atoms with van der Waals surface area (Å²) in [6.45, 7) is 6.86. The third kappa shape index (κ3) is 7.43. The van der Waals surface area contributed by atoms with Crippen LogP contribution < -0.4 is 10.6 Å². The van der Waals surface area contributed by atoms with Crippen molar-refractivity contribution in [3.8, 4) is 0 Å². The van der Waals surface area contributed by atoms with Crippen molar-refractivity contribution in [1.29, 1.82) is 0 Å². The minimum atomic E-state index is -1.14. The lowest BCUT2D eigenvalue weighted by molar-refractivity contribution is -0.119. The Labute approximate surface area is 142 Å². The van der Waals surface area contributed by atoms with Crippen molar-refractivity contribution in [1.82, 2.24) is 10.6 Å². The minimum Gasteiger partial charge on any atom is -0.444 e. The summed E-state index contributed by atoms with van der Waals surface area (Å²) in [5, 5.41) is 25.1. The smallest absolute Gasteiger partial charge is 0.407 e. The highest BCUT2D eigenvalue weighted by Crippen LogP contribution is 2.18. The molecule has 0 fully saturated rings. The van der Waals surface area contributed by atoms with Crippen molar-refractivity contribution < 1.29 is 24.5 Å². The van der Waals surface area contributed by atoms with Gasteiger partial charge in [0.1, 0.15) is 17.8 Å².